The van der Waals surface area contributed by atoms with Gasteiger partial charge in [-0.25, -0.2) is 9.59 Å². The minimum atomic E-state index is -4.83. The normalized spacial score (nSPS) is 20.1. The molecule has 0 radical (unpaired) electrons. The minimum absolute atomic E-state index is 0.0782. The van der Waals surface area contributed by atoms with E-state index in [0.717, 1.165) is 41.8 Å². The van der Waals surface area contributed by atoms with Crippen molar-refractivity contribution in [3.63, 3.8) is 0 Å². The zero-order chi connectivity index (χ0) is 34.6. The molecule has 12 heteroatoms. The summed E-state index contributed by atoms with van der Waals surface area (Å²) in [5, 5.41) is 9.56. The average molecular weight is 680 g/mol. The van der Waals surface area contributed by atoms with Crippen LogP contribution in [0, 0.1) is 12.3 Å². The van der Waals surface area contributed by atoms with Crippen molar-refractivity contribution >= 4 is 29.2 Å². The van der Waals surface area contributed by atoms with Gasteiger partial charge in [0.05, 0.1) is 22.7 Å². The molecule has 5 nitrogen and oxygen atoms in total. The number of carbonyl (C=O) groups is 2. The molecule has 250 valence electrons. The highest BCUT2D eigenvalue weighted by atomic mass is 35.5. The van der Waals surface area contributed by atoms with Crippen LogP contribution in [0.1, 0.15) is 84.3 Å². The van der Waals surface area contributed by atoms with Gasteiger partial charge in [0.2, 0.25) is 0 Å². The van der Waals surface area contributed by atoms with E-state index < -0.39 is 53.3 Å². The number of aromatic carboxylic acids is 1. The summed E-state index contributed by atoms with van der Waals surface area (Å²) in [6.45, 7) is 7.43. The second-order valence-corrected chi connectivity index (χ2v) is 13.4. The predicted octanol–water partition coefficient (Wildman–Crippen LogP) is 10.6. The third-order valence-corrected chi connectivity index (χ3v) is 9.18. The SMILES string of the molecule is Cc1cc([C@H]2OC(=O)N(CC3=C(c4cc(-c5ccc(C(=O)O)cc5C(F)(F)F)ccc4Cl)CCC(C)(C)C3)[C@H]2C)cc(C(F)(F)F)c1. The zero-order valence-electron chi connectivity index (χ0n) is 25.9. The monoisotopic (exact) mass is 679 g/mol. The van der Waals surface area contributed by atoms with Crippen molar-refractivity contribution in [1.29, 1.82) is 0 Å². The number of hydrogen-bond acceptors (Lipinski definition) is 3. The number of halogens is 7. The Morgan fingerprint density at radius 2 is 1.70 bits per heavy atom. The van der Waals surface area contributed by atoms with Gasteiger partial charge in [-0.1, -0.05) is 49.2 Å². The highest BCUT2D eigenvalue weighted by Crippen LogP contribution is 2.47. The van der Waals surface area contributed by atoms with Crippen LogP contribution in [0.5, 0.6) is 0 Å². The quantitative estimate of drug-likeness (QED) is 0.263. The fourth-order valence-electron chi connectivity index (χ4n) is 6.48. The van der Waals surface area contributed by atoms with Crippen molar-refractivity contribution in [2.75, 3.05) is 6.54 Å². The number of nitrogens with zero attached hydrogens (tertiary/aromatic N) is 1. The molecule has 1 aliphatic carbocycles. The lowest BCUT2D eigenvalue weighted by Gasteiger charge is -2.36. The first kappa shape index (κ1) is 34.3. The molecule has 47 heavy (non-hydrogen) atoms. The number of benzene rings is 3. The molecule has 0 spiro atoms. The van der Waals surface area contributed by atoms with Crippen molar-refractivity contribution in [2.24, 2.45) is 5.41 Å². The molecule has 1 amide bonds. The molecule has 3 aromatic carbocycles. The van der Waals surface area contributed by atoms with E-state index in [1.807, 2.05) is 0 Å². The van der Waals surface area contributed by atoms with Gasteiger partial charge in [0.15, 0.2) is 0 Å². The first-order valence-corrected chi connectivity index (χ1v) is 15.2. The van der Waals surface area contributed by atoms with Crippen molar-refractivity contribution < 1.29 is 45.8 Å². The van der Waals surface area contributed by atoms with Gasteiger partial charge in [-0.3, -0.25) is 4.90 Å². The molecule has 0 aromatic heterocycles. The van der Waals surface area contributed by atoms with Crippen molar-refractivity contribution in [2.45, 2.75) is 71.5 Å². The molecule has 0 bridgehead atoms. The molecule has 1 saturated heterocycles. The number of carbonyl (C=O) groups excluding carboxylic acids is 1. The third kappa shape index (κ3) is 7.15. The first-order chi connectivity index (χ1) is 21.7. The van der Waals surface area contributed by atoms with Gasteiger partial charge in [0, 0.05) is 11.6 Å². The van der Waals surface area contributed by atoms with Gasteiger partial charge in [-0.05, 0) is 108 Å². The number of alkyl halides is 6. The molecular formula is C35H32ClF6NO4. The summed E-state index contributed by atoms with van der Waals surface area (Å²) in [4.78, 5) is 26.1. The second kappa shape index (κ2) is 12.2. The largest absolute Gasteiger partial charge is 0.478 e. The molecule has 5 rings (SSSR count). The molecule has 1 fully saturated rings. The van der Waals surface area contributed by atoms with Crippen LogP contribution in [0.15, 0.2) is 60.2 Å². The zero-order valence-corrected chi connectivity index (χ0v) is 26.7. The summed E-state index contributed by atoms with van der Waals surface area (Å²) in [5.74, 6) is -1.49. The van der Waals surface area contributed by atoms with Gasteiger partial charge in [0.25, 0.3) is 0 Å². The van der Waals surface area contributed by atoms with Crippen LogP contribution in [0.2, 0.25) is 5.02 Å². The lowest BCUT2D eigenvalue weighted by molar-refractivity contribution is -0.138. The third-order valence-electron chi connectivity index (χ3n) is 8.85. The Morgan fingerprint density at radius 1 is 1.00 bits per heavy atom. The number of aryl methyl sites for hydroxylation is 1. The Hall–Kier alpha value is -3.99. The molecule has 1 N–H and O–H groups in total. The van der Waals surface area contributed by atoms with E-state index in [1.165, 1.54) is 24.0 Å². The van der Waals surface area contributed by atoms with Gasteiger partial charge in [0.1, 0.15) is 6.10 Å². The van der Waals surface area contributed by atoms with E-state index in [9.17, 15) is 41.0 Å². The van der Waals surface area contributed by atoms with Crippen LogP contribution < -0.4 is 0 Å². The summed E-state index contributed by atoms with van der Waals surface area (Å²) >= 11 is 6.66. The summed E-state index contributed by atoms with van der Waals surface area (Å²) in [6.07, 6.45) is -9.31. The maximum absolute atomic E-state index is 14.1. The molecule has 3 aromatic rings. The van der Waals surface area contributed by atoms with E-state index in [2.05, 4.69) is 13.8 Å². The Kier molecular flexibility index (Phi) is 8.94. The number of amides is 1. The Bertz CT molecular complexity index is 1780. The number of allylic oxidation sites excluding steroid dienone is 1. The van der Waals surface area contributed by atoms with E-state index in [0.29, 0.717) is 30.0 Å². The van der Waals surface area contributed by atoms with Gasteiger partial charge < -0.3 is 9.84 Å². The van der Waals surface area contributed by atoms with E-state index >= 15 is 0 Å². The molecule has 1 aliphatic heterocycles. The maximum Gasteiger partial charge on any atom is 0.417 e. The lowest BCUT2D eigenvalue weighted by Crippen LogP contribution is -2.35. The van der Waals surface area contributed by atoms with Crippen LogP contribution >= 0.6 is 11.6 Å². The van der Waals surface area contributed by atoms with Gasteiger partial charge >= 0.3 is 24.4 Å². The molecule has 1 heterocycles. The summed E-state index contributed by atoms with van der Waals surface area (Å²) in [6, 6.07) is 10.2. The molecule has 2 aliphatic rings. The average Bonchev–Trinajstić information content (AvgIpc) is 3.24. The van der Waals surface area contributed by atoms with Crippen LogP contribution in [-0.4, -0.2) is 34.7 Å². The molecule has 2 atom stereocenters. The van der Waals surface area contributed by atoms with Crippen LogP contribution in [0.4, 0.5) is 31.1 Å². The standard InChI is InChI=1S/C35H32ClF6NO4/c1-18-11-22(13-24(12-18)34(37,38)39)30-19(2)43(32(46)47-30)17-23-16-33(3,4)10-9-25(23)27-14-20(6-8-29(27)36)26-7-5-21(31(44)45)15-28(26)35(40,41)42/h5-8,11-15,19,30H,9-10,16-17H2,1-4H3,(H,44,45)/t19-,30-/m0/s1. The van der Waals surface area contributed by atoms with E-state index in [1.54, 1.807) is 19.1 Å². The molecular weight excluding hydrogens is 648 g/mol. The Morgan fingerprint density at radius 3 is 2.34 bits per heavy atom. The summed E-state index contributed by atoms with van der Waals surface area (Å²) in [5.41, 5.74) is -0.0240. The minimum Gasteiger partial charge on any atom is -0.478 e. The van der Waals surface area contributed by atoms with Crippen molar-refractivity contribution in [3.8, 4) is 11.1 Å². The number of carboxylic acids is 1. The Balaban J connectivity index is 1.55. The summed E-state index contributed by atoms with van der Waals surface area (Å²) < 4.78 is 88.5. The van der Waals surface area contributed by atoms with Gasteiger partial charge in [-0.15, -0.1) is 0 Å². The van der Waals surface area contributed by atoms with Crippen LogP contribution in [0.3, 0.4) is 0 Å². The fourth-order valence-corrected chi connectivity index (χ4v) is 6.71. The number of cyclic esters (lactones) is 1. The second-order valence-electron chi connectivity index (χ2n) is 13.0. The first-order valence-electron chi connectivity index (χ1n) is 14.9. The number of carboxylic acid groups (broad SMARTS) is 1. The van der Waals surface area contributed by atoms with Crippen molar-refractivity contribution in [3.05, 3.63) is 98.6 Å². The summed E-state index contributed by atoms with van der Waals surface area (Å²) in [7, 11) is 0. The highest BCUT2D eigenvalue weighted by Gasteiger charge is 2.43. The van der Waals surface area contributed by atoms with E-state index in [4.69, 9.17) is 16.3 Å². The smallest absolute Gasteiger partial charge is 0.417 e. The maximum atomic E-state index is 14.1. The Labute approximate surface area is 272 Å². The fraction of sp³-hybridized carbons (Fsp3) is 0.371. The molecule has 0 saturated carbocycles. The number of ether oxygens (including phenoxy) is 1. The predicted molar refractivity (Wildman–Crippen MR) is 165 cm³/mol. The van der Waals surface area contributed by atoms with Gasteiger partial charge in [-0.2, -0.15) is 26.3 Å². The number of hydrogen-bond donors (Lipinski definition) is 1. The van der Waals surface area contributed by atoms with E-state index in [-0.39, 0.29) is 33.7 Å². The van der Waals surface area contributed by atoms with Crippen molar-refractivity contribution in [1.82, 2.24) is 4.90 Å². The lowest BCUT2D eigenvalue weighted by atomic mass is 9.72. The topological polar surface area (TPSA) is 66.8 Å². The van der Waals surface area contributed by atoms with Crippen LogP contribution in [-0.2, 0) is 17.1 Å². The van der Waals surface area contributed by atoms with Crippen LogP contribution in [0.25, 0.3) is 16.7 Å². The number of rotatable bonds is 6. The highest BCUT2D eigenvalue weighted by molar-refractivity contribution is 6.32. The molecule has 0 unspecified atom stereocenters.